The number of ether oxygens (including phenoxy) is 1. The van der Waals surface area contributed by atoms with Crippen LogP contribution in [0.25, 0.3) is 6.08 Å². The molecule has 3 heteroatoms. The molecule has 1 aromatic rings. The largest absolute Gasteiger partial charge is 0.479 e. The van der Waals surface area contributed by atoms with E-state index >= 15 is 0 Å². The maximum absolute atomic E-state index is 8.30. The minimum atomic E-state index is 0.0490. The van der Waals surface area contributed by atoms with Gasteiger partial charge in [0, 0.05) is 6.08 Å². The Labute approximate surface area is 82.5 Å². The molecule has 1 rings (SSSR count). The van der Waals surface area contributed by atoms with Crippen LogP contribution in [0.3, 0.4) is 0 Å². The van der Waals surface area contributed by atoms with E-state index in [4.69, 9.17) is 15.3 Å². The van der Waals surface area contributed by atoms with Crippen molar-refractivity contribution in [1.82, 2.24) is 0 Å². The number of benzene rings is 1. The van der Waals surface area contributed by atoms with Gasteiger partial charge < -0.3 is 4.74 Å². The summed E-state index contributed by atoms with van der Waals surface area (Å²) in [6, 6.07) is 11.0. The van der Waals surface area contributed by atoms with E-state index in [-0.39, 0.29) is 6.61 Å². The third-order valence-corrected chi connectivity index (χ3v) is 1.53. The summed E-state index contributed by atoms with van der Waals surface area (Å²) in [5.74, 6) is 0.653. The quantitative estimate of drug-likeness (QED) is 0.676. The number of rotatable bonds is 3. The molecule has 0 saturated carbocycles. The SMILES string of the molecule is N#CC=Cc1ccc(OCC#N)cc1. The van der Waals surface area contributed by atoms with Gasteiger partial charge in [0.05, 0.1) is 6.07 Å². The van der Waals surface area contributed by atoms with Crippen LogP contribution in [0.1, 0.15) is 5.56 Å². The molecule has 68 valence electrons. The Hall–Kier alpha value is -2.26. The van der Waals surface area contributed by atoms with Crippen molar-refractivity contribution >= 4 is 6.08 Å². The summed E-state index contributed by atoms with van der Waals surface area (Å²) in [4.78, 5) is 0. The predicted octanol–water partition coefficient (Wildman–Crippen LogP) is 2.13. The van der Waals surface area contributed by atoms with Crippen LogP contribution < -0.4 is 4.74 Å². The molecule has 0 aliphatic carbocycles. The van der Waals surface area contributed by atoms with Gasteiger partial charge in [-0.1, -0.05) is 12.1 Å². The summed E-state index contributed by atoms with van der Waals surface area (Å²) in [5, 5.41) is 16.6. The van der Waals surface area contributed by atoms with E-state index in [1.165, 1.54) is 6.08 Å². The summed E-state index contributed by atoms with van der Waals surface area (Å²) in [5.41, 5.74) is 0.927. The van der Waals surface area contributed by atoms with Gasteiger partial charge in [0.25, 0.3) is 0 Å². The minimum absolute atomic E-state index is 0.0490. The van der Waals surface area contributed by atoms with Crippen LogP contribution in [0.15, 0.2) is 30.3 Å². The van der Waals surface area contributed by atoms with Gasteiger partial charge in [0.15, 0.2) is 6.61 Å². The molecule has 0 unspecified atom stereocenters. The first kappa shape index (κ1) is 9.83. The zero-order valence-corrected chi connectivity index (χ0v) is 7.47. The zero-order chi connectivity index (χ0) is 10.2. The van der Waals surface area contributed by atoms with Gasteiger partial charge >= 0.3 is 0 Å². The summed E-state index contributed by atoms with van der Waals surface area (Å²) >= 11 is 0. The molecule has 3 nitrogen and oxygen atoms in total. The predicted molar refractivity (Wildman–Crippen MR) is 52.2 cm³/mol. The average molecular weight is 184 g/mol. The number of nitriles is 2. The summed E-state index contributed by atoms with van der Waals surface area (Å²) < 4.78 is 5.06. The summed E-state index contributed by atoms with van der Waals surface area (Å²) in [7, 11) is 0. The highest BCUT2D eigenvalue weighted by atomic mass is 16.5. The van der Waals surface area contributed by atoms with Crippen LogP contribution in [0.4, 0.5) is 0 Å². The third kappa shape index (κ3) is 3.00. The van der Waals surface area contributed by atoms with Crippen LogP contribution in [0.5, 0.6) is 5.75 Å². The lowest BCUT2D eigenvalue weighted by atomic mass is 10.2. The number of allylic oxidation sites excluding steroid dienone is 1. The molecule has 0 aromatic heterocycles. The highest BCUT2D eigenvalue weighted by molar-refractivity contribution is 5.52. The van der Waals surface area contributed by atoms with Crippen molar-refractivity contribution in [2.24, 2.45) is 0 Å². The molecule has 0 amide bonds. The Kier molecular flexibility index (Phi) is 3.79. The smallest absolute Gasteiger partial charge is 0.174 e. The van der Waals surface area contributed by atoms with Gasteiger partial charge in [0.1, 0.15) is 11.8 Å². The average Bonchev–Trinajstić information content (AvgIpc) is 2.25. The monoisotopic (exact) mass is 184 g/mol. The van der Waals surface area contributed by atoms with Crippen molar-refractivity contribution in [2.45, 2.75) is 0 Å². The van der Waals surface area contributed by atoms with E-state index < -0.39 is 0 Å². The second-order valence-electron chi connectivity index (χ2n) is 2.48. The van der Waals surface area contributed by atoms with E-state index in [1.807, 2.05) is 24.3 Å². The van der Waals surface area contributed by atoms with Crippen LogP contribution in [-0.2, 0) is 0 Å². The van der Waals surface area contributed by atoms with Gasteiger partial charge in [-0.2, -0.15) is 10.5 Å². The molecule has 0 aliphatic heterocycles. The Morgan fingerprint density at radius 2 is 1.93 bits per heavy atom. The minimum Gasteiger partial charge on any atom is -0.479 e. The second kappa shape index (κ2) is 5.40. The molecule has 0 fully saturated rings. The molecule has 0 bridgehead atoms. The molecule has 0 N–H and O–H groups in total. The first-order valence-electron chi connectivity index (χ1n) is 4.03. The van der Waals surface area contributed by atoms with Gasteiger partial charge in [-0.3, -0.25) is 0 Å². The van der Waals surface area contributed by atoms with Gasteiger partial charge in [0.2, 0.25) is 0 Å². The normalized spacial score (nSPS) is 9.29. The van der Waals surface area contributed by atoms with Crippen molar-refractivity contribution < 1.29 is 4.74 Å². The third-order valence-electron chi connectivity index (χ3n) is 1.53. The fourth-order valence-corrected chi connectivity index (χ4v) is 0.924. The Bertz CT molecular complexity index is 393. The van der Waals surface area contributed by atoms with E-state index in [2.05, 4.69) is 0 Å². The molecular weight excluding hydrogens is 176 g/mol. The molecule has 0 radical (unpaired) electrons. The van der Waals surface area contributed by atoms with Crippen LogP contribution in [0, 0.1) is 22.7 Å². The van der Waals surface area contributed by atoms with Gasteiger partial charge in [-0.15, -0.1) is 0 Å². The van der Waals surface area contributed by atoms with Crippen molar-refractivity contribution in [1.29, 1.82) is 10.5 Å². The topological polar surface area (TPSA) is 56.8 Å². The van der Waals surface area contributed by atoms with Crippen molar-refractivity contribution in [2.75, 3.05) is 6.61 Å². The molecule has 1 aromatic carbocycles. The molecule has 14 heavy (non-hydrogen) atoms. The lowest BCUT2D eigenvalue weighted by Crippen LogP contribution is -1.92. The number of hydrogen-bond donors (Lipinski definition) is 0. The standard InChI is InChI=1S/C11H8N2O/c12-7-1-2-10-3-5-11(6-4-10)14-9-8-13/h1-6H,9H2. The van der Waals surface area contributed by atoms with Crippen molar-refractivity contribution in [3.05, 3.63) is 35.9 Å². The fraction of sp³-hybridized carbons (Fsp3) is 0.0909. The maximum Gasteiger partial charge on any atom is 0.174 e. The van der Waals surface area contributed by atoms with E-state index in [9.17, 15) is 0 Å². The van der Waals surface area contributed by atoms with Crippen molar-refractivity contribution in [3.63, 3.8) is 0 Å². The number of hydrogen-bond acceptors (Lipinski definition) is 3. The van der Waals surface area contributed by atoms with E-state index in [0.717, 1.165) is 5.56 Å². The lowest BCUT2D eigenvalue weighted by Gasteiger charge is -2.00. The summed E-state index contributed by atoms with van der Waals surface area (Å²) in [6.07, 6.45) is 3.11. The lowest BCUT2D eigenvalue weighted by molar-refractivity contribution is 0.368. The van der Waals surface area contributed by atoms with Gasteiger partial charge in [-0.25, -0.2) is 0 Å². The molecule has 0 saturated heterocycles. The van der Waals surface area contributed by atoms with Crippen LogP contribution >= 0.6 is 0 Å². The second-order valence-corrected chi connectivity index (χ2v) is 2.48. The van der Waals surface area contributed by atoms with Crippen LogP contribution in [-0.4, -0.2) is 6.61 Å². The maximum atomic E-state index is 8.30. The van der Waals surface area contributed by atoms with Crippen LogP contribution in [0.2, 0.25) is 0 Å². The fourth-order valence-electron chi connectivity index (χ4n) is 0.924. The molecule has 0 aliphatic rings. The first-order chi connectivity index (χ1) is 6.86. The molecule has 0 spiro atoms. The highest BCUT2D eigenvalue weighted by Gasteiger charge is 1.91. The highest BCUT2D eigenvalue weighted by Crippen LogP contribution is 2.12. The van der Waals surface area contributed by atoms with Gasteiger partial charge in [-0.05, 0) is 23.8 Å². The zero-order valence-electron chi connectivity index (χ0n) is 7.47. The Balaban J connectivity index is 2.66. The molecule has 0 heterocycles. The van der Waals surface area contributed by atoms with E-state index in [1.54, 1.807) is 18.2 Å². The van der Waals surface area contributed by atoms with E-state index in [0.29, 0.717) is 5.75 Å². The first-order valence-corrected chi connectivity index (χ1v) is 4.03. The Morgan fingerprint density at radius 1 is 1.21 bits per heavy atom. The van der Waals surface area contributed by atoms with Crippen molar-refractivity contribution in [3.8, 4) is 17.9 Å². The Morgan fingerprint density at radius 3 is 2.50 bits per heavy atom. The molecule has 0 atom stereocenters. The molecular formula is C11H8N2O. The summed E-state index contributed by atoms with van der Waals surface area (Å²) in [6.45, 7) is 0.0490. The number of nitrogens with zero attached hydrogens (tertiary/aromatic N) is 2.